The van der Waals surface area contributed by atoms with E-state index < -0.39 is 17.6 Å². The molecule has 0 atom stereocenters. The zero-order valence-electron chi connectivity index (χ0n) is 15.1. The second-order valence-corrected chi connectivity index (χ2v) is 7.32. The number of hydrogen-bond acceptors (Lipinski definition) is 3. The number of amides is 1. The van der Waals surface area contributed by atoms with Gasteiger partial charge in [-0.1, -0.05) is 83.9 Å². The lowest BCUT2D eigenvalue weighted by molar-refractivity contribution is 0.0939. The Labute approximate surface area is 176 Å². The molecule has 1 N–H and O–H groups in total. The highest BCUT2D eigenvalue weighted by Crippen LogP contribution is 2.28. The van der Waals surface area contributed by atoms with E-state index in [1.165, 1.54) is 12.1 Å². The van der Waals surface area contributed by atoms with Crippen molar-refractivity contribution in [2.45, 2.75) is 6.04 Å². The molecule has 29 heavy (non-hydrogen) atoms. The van der Waals surface area contributed by atoms with E-state index in [9.17, 15) is 9.59 Å². The minimum Gasteiger partial charge on any atom is -0.421 e. The number of halogens is 2. The Morgan fingerprint density at radius 3 is 2.03 bits per heavy atom. The molecule has 0 radical (unpaired) electrons. The number of carbonyl (C=O) groups is 1. The van der Waals surface area contributed by atoms with Crippen LogP contribution >= 0.6 is 23.2 Å². The lowest BCUT2D eigenvalue weighted by atomic mass is 9.98. The smallest absolute Gasteiger partial charge is 0.349 e. The van der Waals surface area contributed by atoms with Gasteiger partial charge < -0.3 is 9.73 Å². The molecule has 4 rings (SSSR count). The number of carbonyl (C=O) groups excluding carboxylic acids is 1. The maximum atomic E-state index is 13.0. The van der Waals surface area contributed by atoms with Crippen molar-refractivity contribution in [1.82, 2.24) is 5.32 Å². The summed E-state index contributed by atoms with van der Waals surface area (Å²) < 4.78 is 5.29. The average molecular weight is 424 g/mol. The van der Waals surface area contributed by atoms with Gasteiger partial charge in [0, 0.05) is 10.4 Å². The van der Waals surface area contributed by atoms with Crippen molar-refractivity contribution in [2.24, 2.45) is 0 Å². The SMILES string of the molecule is O=C(NC(c1ccccc1)c1ccccc1)c1cc2cc(Cl)cc(Cl)c2oc1=O. The van der Waals surface area contributed by atoms with E-state index in [-0.39, 0.29) is 16.2 Å². The van der Waals surface area contributed by atoms with Crippen molar-refractivity contribution >= 4 is 40.1 Å². The largest absolute Gasteiger partial charge is 0.421 e. The van der Waals surface area contributed by atoms with Gasteiger partial charge in [0.05, 0.1) is 11.1 Å². The minimum atomic E-state index is -0.765. The zero-order chi connectivity index (χ0) is 20.4. The fourth-order valence-electron chi connectivity index (χ4n) is 3.17. The minimum absolute atomic E-state index is 0.118. The van der Waals surface area contributed by atoms with Gasteiger partial charge in [-0.15, -0.1) is 0 Å². The summed E-state index contributed by atoms with van der Waals surface area (Å²) in [6.07, 6.45) is 0. The van der Waals surface area contributed by atoms with Crippen LogP contribution in [0.5, 0.6) is 0 Å². The third-order valence-corrected chi connectivity index (χ3v) is 5.04. The summed E-state index contributed by atoms with van der Waals surface area (Å²) >= 11 is 12.1. The number of fused-ring (bicyclic) bond motifs is 1. The van der Waals surface area contributed by atoms with E-state index in [1.807, 2.05) is 60.7 Å². The van der Waals surface area contributed by atoms with Crippen molar-refractivity contribution in [3.05, 3.63) is 116 Å². The molecule has 0 saturated heterocycles. The summed E-state index contributed by atoms with van der Waals surface area (Å²) in [7, 11) is 0. The van der Waals surface area contributed by atoms with Gasteiger partial charge in [-0.25, -0.2) is 4.79 Å². The molecule has 0 unspecified atom stereocenters. The van der Waals surface area contributed by atoms with Crippen LogP contribution in [-0.4, -0.2) is 5.91 Å². The molecule has 6 heteroatoms. The van der Waals surface area contributed by atoms with Crippen LogP contribution in [0.25, 0.3) is 11.0 Å². The van der Waals surface area contributed by atoms with Crippen molar-refractivity contribution in [2.75, 3.05) is 0 Å². The van der Waals surface area contributed by atoms with Gasteiger partial charge in [0.25, 0.3) is 5.91 Å². The maximum Gasteiger partial charge on any atom is 0.349 e. The highest BCUT2D eigenvalue weighted by molar-refractivity contribution is 6.38. The molecule has 4 aromatic rings. The van der Waals surface area contributed by atoms with Crippen LogP contribution in [0.4, 0.5) is 0 Å². The van der Waals surface area contributed by atoms with Gasteiger partial charge >= 0.3 is 5.63 Å². The summed E-state index contributed by atoms with van der Waals surface area (Å²) in [4.78, 5) is 25.4. The topological polar surface area (TPSA) is 59.3 Å². The lowest BCUT2D eigenvalue weighted by Crippen LogP contribution is -2.32. The van der Waals surface area contributed by atoms with Gasteiger partial charge in [0.1, 0.15) is 5.56 Å². The van der Waals surface area contributed by atoms with Crippen LogP contribution in [0.2, 0.25) is 10.0 Å². The molecule has 144 valence electrons. The quantitative estimate of drug-likeness (QED) is 0.433. The van der Waals surface area contributed by atoms with E-state index in [4.69, 9.17) is 27.6 Å². The molecular formula is C23H15Cl2NO3. The Morgan fingerprint density at radius 2 is 1.45 bits per heavy atom. The normalized spacial score (nSPS) is 11.0. The average Bonchev–Trinajstić information content (AvgIpc) is 2.73. The van der Waals surface area contributed by atoms with Crippen molar-refractivity contribution in [3.63, 3.8) is 0 Å². The monoisotopic (exact) mass is 423 g/mol. The number of rotatable bonds is 4. The molecule has 0 fully saturated rings. The van der Waals surface area contributed by atoms with E-state index in [0.717, 1.165) is 11.1 Å². The fraction of sp³-hybridized carbons (Fsp3) is 0.0435. The first-order valence-corrected chi connectivity index (χ1v) is 9.62. The number of hydrogen-bond donors (Lipinski definition) is 1. The molecule has 4 nitrogen and oxygen atoms in total. The predicted molar refractivity (Wildman–Crippen MR) is 115 cm³/mol. The molecule has 1 amide bonds. The Balaban J connectivity index is 1.75. The molecule has 0 aliphatic heterocycles. The van der Waals surface area contributed by atoms with Gasteiger partial charge in [0.15, 0.2) is 5.58 Å². The summed E-state index contributed by atoms with van der Waals surface area (Å²) in [6.45, 7) is 0. The van der Waals surface area contributed by atoms with Gasteiger partial charge in [-0.3, -0.25) is 4.79 Å². The third-order valence-electron chi connectivity index (χ3n) is 4.54. The molecule has 0 bridgehead atoms. The first kappa shape index (κ1) is 19.2. The van der Waals surface area contributed by atoms with Crippen LogP contribution < -0.4 is 10.9 Å². The summed E-state index contributed by atoms with van der Waals surface area (Å²) in [5.41, 5.74) is 1.10. The Morgan fingerprint density at radius 1 is 0.862 bits per heavy atom. The zero-order valence-corrected chi connectivity index (χ0v) is 16.6. The molecule has 3 aromatic carbocycles. The molecule has 0 spiro atoms. The van der Waals surface area contributed by atoms with Crippen LogP contribution in [-0.2, 0) is 0 Å². The first-order valence-electron chi connectivity index (χ1n) is 8.86. The first-order chi connectivity index (χ1) is 14.0. The van der Waals surface area contributed by atoms with Crippen LogP contribution in [0.15, 0.2) is 88.1 Å². The summed E-state index contributed by atoms with van der Waals surface area (Å²) in [6, 6.07) is 23.1. The standard InChI is InChI=1S/C23H15Cl2NO3/c24-17-11-16-12-18(23(28)29-21(16)19(25)13-17)22(27)26-20(14-7-3-1-4-8-14)15-9-5-2-6-10-15/h1-13,20H,(H,26,27). The van der Waals surface area contributed by atoms with Gasteiger partial charge in [0.2, 0.25) is 0 Å². The second-order valence-electron chi connectivity index (χ2n) is 6.48. The van der Waals surface area contributed by atoms with Crippen molar-refractivity contribution in [3.8, 4) is 0 Å². The Bertz CT molecular complexity index is 1200. The van der Waals surface area contributed by atoms with Crippen molar-refractivity contribution < 1.29 is 9.21 Å². The third kappa shape index (κ3) is 4.04. The molecule has 1 heterocycles. The Kier molecular flexibility index (Phi) is 5.38. The van der Waals surface area contributed by atoms with Crippen molar-refractivity contribution in [1.29, 1.82) is 0 Å². The molecular weight excluding hydrogens is 409 g/mol. The van der Waals surface area contributed by atoms with E-state index in [1.54, 1.807) is 6.07 Å². The van der Waals surface area contributed by atoms with Crippen LogP contribution in [0.3, 0.4) is 0 Å². The van der Waals surface area contributed by atoms with Gasteiger partial charge in [-0.2, -0.15) is 0 Å². The molecule has 0 saturated carbocycles. The van der Waals surface area contributed by atoms with Crippen LogP contribution in [0, 0.1) is 0 Å². The molecule has 0 aliphatic carbocycles. The second kappa shape index (κ2) is 8.11. The maximum absolute atomic E-state index is 13.0. The van der Waals surface area contributed by atoms with Crippen LogP contribution in [0.1, 0.15) is 27.5 Å². The lowest BCUT2D eigenvalue weighted by Gasteiger charge is -2.19. The van der Waals surface area contributed by atoms with E-state index in [0.29, 0.717) is 10.4 Å². The highest BCUT2D eigenvalue weighted by atomic mass is 35.5. The van der Waals surface area contributed by atoms with E-state index >= 15 is 0 Å². The fourth-order valence-corrected chi connectivity index (χ4v) is 3.72. The predicted octanol–water partition coefficient (Wildman–Crippen LogP) is 5.62. The Hall–Kier alpha value is -3.08. The number of benzene rings is 3. The van der Waals surface area contributed by atoms with E-state index in [2.05, 4.69) is 5.32 Å². The summed E-state index contributed by atoms with van der Waals surface area (Å²) in [5, 5.41) is 4.01. The molecule has 1 aromatic heterocycles. The number of nitrogens with one attached hydrogen (secondary N) is 1. The van der Waals surface area contributed by atoms with Gasteiger partial charge in [-0.05, 0) is 29.3 Å². The molecule has 0 aliphatic rings. The summed E-state index contributed by atoms with van der Waals surface area (Å²) in [5.74, 6) is -0.547. The highest BCUT2D eigenvalue weighted by Gasteiger charge is 2.21.